The first-order valence-electron chi connectivity index (χ1n) is 10.3. The van der Waals surface area contributed by atoms with Gasteiger partial charge in [-0.1, -0.05) is 61.1 Å². The summed E-state index contributed by atoms with van der Waals surface area (Å²) in [4.78, 5) is 6.46. The Morgan fingerprint density at radius 2 is 1.47 bits per heavy atom. The second kappa shape index (κ2) is 10.1. The van der Waals surface area contributed by atoms with E-state index < -0.39 is 19.7 Å². The molecule has 10 heteroatoms. The highest BCUT2D eigenvalue weighted by Gasteiger charge is 2.31. The number of nitrogens with zero attached hydrogens (tertiary/aromatic N) is 2. The van der Waals surface area contributed by atoms with Crippen LogP contribution in [0.3, 0.4) is 0 Å². The van der Waals surface area contributed by atoms with Gasteiger partial charge in [-0.15, -0.1) is 0 Å². The molecule has 0 aliphatic rings. The zero-order chi connectivity index (χ0) is 23.4. The first kappa shape index (κ1) is 24.4. The fourth-order valence-electron chi connectivity index (χ4n) is 3.09. The van der Waals surface area contributed by atoms with E-state index >= 15 is 0 Å². The van der Waals surface area contributed by atoms with Gasteiger partial charge in [0.05, 0.1) is 9.79 Å². The number of benzene rings is 2. The van der Waals surface area contributed by atoms with E-state index in [1.807, 2.05) is 20.8 Å². The predicted molar refractivity (Wildman–Crippen MR) is 127 cm³/mol. The fourth-order valence-corrected chi connectivity index (χ4v) is 7.43. The molecule has 0 fully saturated rings. The van der Waals surface area contributed by atoms with E-state index in [-0.39, 0.29) is 24.2 Å². The smallest absolute Gasteiger partial charge is 0.233 e. The number of likely N-dealkylation sites (N-methyl/N-ethyl adjacent to an activating group) is 1. The van der Waals surface area contributed by atoms with Crippen LogP contribution in [0.4, 0.5) is 5.00 Å². The molecule has 3 aromatic rings. The quantitative estimate of drug-likeness (QED) is 0.458. The van der Waals surface area contributed by atoms with Crippen molar-refractivity contribution in [2.24, 2.45) is 0 Å². The molecule has 0 amide bonds. The third-order valence-corrected chi connectivity index (χ3v) is 10.0. The molecule has 0 atom stereocenters. The van der Waals surface area contributed by atoms with E-state index in [2.05, 4.69) is 15.2 Å². The molecule has 1 heterocycles. The predicted octanol–water partition coefficient (Wildman–Crippen LogP) is 3.87. The molecule has 0 saturated heterocycles. The molecule has 1 N–H and O–H groups in total. The number of rotatable bonds is 10. The minimum absolute atomic E-state index is 0.0720. The molecule has 32 heavy (non-hydrogen) atoms. The average molecular weight is 494 g/mol. The van der Waals surface area contributed by atoms with Crippen molar-refractivity contribution in [1.82, 2.24) is 9.88 Å². The lowest BCUT2D eigenvalue weighted by Gasteiger charge is -2.18. The highest BCUT2D eigenvalue weighted by Crippen LogP contribution is 2.36. The molecule has 0 saturated carbocycles. The second-order valence-electron chi connectivity index (χ2n) is 7.20. The number of thiazole rings is 1. The molecule has 0 bridgehead atoms. The van der Waals surface area contributed by atoms with Gasteiger partial charge < -0.3 is 10.2 Å². The number of aryl methyl sites for hydroxylation is 1. The Morgan fingerprint density at radius 1 is 0.875 bits per heavy atom. The number of hydrogen-bond acceptors (Lipinski definition) is 8. The van der Waals surface area contributed by atoms with Gasteiger partial charge in [-0.3, -0.25) is 0 Å². The Hall–Kier alpha value is -2.27. The zero-order valence-electron chi connectivity index (χ0n) is 18.3. The maximum absolute atomic E-state index is 13.4. The van der Waals surface area contributed by atoms with E-state index in [1.165, 1.54) is 24.3 Å². The molecule has 1 aromatic heterocycles. The SMILES string of the molecule is CCN(CC)CCNc1sc(S(=O)(=O)c2ccccc2)nc1S(=O)(=O)c1ccc(C)cc1. The molecule has 0 aliphatic heterocycles. The van der Waals surface area contributed by atoms with E-state index in [1.54, 1.807) is 30.3 Å². The summed E-state index contributed by atoms with van der Waals surface area (Å²) in [5.74, 6) is 0. The fraction of sp³-hybridized carbons (Fsp3) is 0.318. The molecule has 2 aromatic carbocycles. The summed E-state index contributed by atoms with van der Waals surface area (Å²) < 4.78 is 52.7. The van der Waals surface area contributed by atoms with Crippen molar-refractivity contribution in [3.8, 4) is 0 Å². The summed E-state index contributed by atoms with van der Waals surface area (Å²) in [7, 11) is -7.96. The number of sulfone groups is 2. The van der Waals surface area contributed by atoms with Gasteiger partial charge in [0.25, 0.3) is 0 Å². The van der Waals surface area contributed by atoms with Gasteiger partial charge in [0.1, 0.15) is 5.00 Å². The lowest BCUT2D eigenvalue weighted by atomic mass is 10.2. The monoisotopic (exact) mass is 493 g/mol. The van der Waals surface area contributed by atoms with Crippen LogP contribution in [0.5, 0.6) is 0 Å². The molecular weight excluding hydrogens is 466 g/mol. The Labute approximate surface area is 194 Å². The van der Waals surface area contributed by atoms with Crippen molar-refractivity contribution in [3.05, 3.63) is 60.2 Å². The molecule has 172 valence electrons. The number of hydrogen-bond donors (Lipinski definition) is 1. The minimum atomic E-state index is -4.01. The van der Waals surface area contributed by atoms with Gasteiger partial charge in [-0.2, -0.15) is 0 Å². The van der Waals surface area contributed by atoms with Crippen LogP contribution in [0, 0.1) is 6.92 Å². The first-order chi connectivity index (χ1) is 15.2. The van der Waals surface area contributed by atoms with Gasteiger partial charge in [-0.05, 0) is 44.3 Å². The summed E-state index contributed by atoms with van der Waals surface area (Å²) in [6.07, 6.45) is 0. The van der Waals surface area contributed by atoms with Crippen LogP contribution in [0.25, 0.3) is 0 Å². The third kappa shape index (κ3) is 5.20. The first-order valence-corrected chi connectivity index (χ1v) is 14.1. The van der Waals surface area contributed by atoms with Gasteiger partial charge in [0.2, 0.25) is 24.0 Å². The van der Waals surface area contributed by atoms with E-state index in [9.17, 15) is 16.8 Å². The zero-order valence-corrected chi connectivity index (χ0v) is 20.7. The number of aromatic nitrogens is 1. The summed E-state index contributed by atoms with van der Waals surface area (Å²) in [6.45, 7) is 8.85. The maximum atomic E-state index is 13.4. The van der Waals surface area contributed by atoms with Gasteiger partial charge in [0.15, 0.2) is 5.03 Å². The lowest BCUT2D eigenvalue weighted by Crippen LogP contribution is -2.28. The third-order valence-electron chi connectivity index (χ3n) is 5.05. The minimum Gasteiger partial charge on any atom is -0.373 e. The van der Waals surface area contributed by atoms with Gasteiger partial charge >= 0.3 is 0 Å². The number of nitrogens with one attached hydrogen (secondary N) is 1. The summed E-state index contributed by atoms with van der Waals surface area (Å²) in [6, 6.07) is 14.3. The van der Waals surface area contributed by atoms with Crippen molar-refractivity contribution in [2.45, 2.75) is 39.9 Å². The molecule has 3 rings (SSSR count). The van der Waals surface area contributed by atoms with Crippen LogP contribution >= 0.6 is 11.3 Å². The van der Waals surface area contributed by atoms with E-state index in [0.29, 0.717) is 13.1 Å². The Bertz CT molecular complexity index is 1250. The van der Waals surface area contributed by atoms with Crippen molar-refractivity contribution in [2.75, 3.05) is 31.5 Å². The molecule has 0 aliphatic carbocycles. The summed E-state index contributed by atoms with van der Waals surface area (Å²) in [5.41, 5.74) is 0.923. The molecule has 0 spiro atoms. The van der Waals surface area contributed by atoms with Crippen molar-refractivity contribution < 1.29 is 16.8 Å². The highest BCUT2D eigenvalue weighted by atomic mass is 32.2. The summed E-state index contributed by atoms with van der Waals surface area (Å²) >= 11 is 0.845. The van der Waals surface area contributed by atoms with E-state index in [4.69, 9.17) is 0 Å². The average Bonchev–Trinajstić information content (AvgIpc) is 3.23. The summed E-state index contributed by atoms with van der Waals surface area (Å²) in [5, 5.41) is 3.08. The molecule has 7 nitrogen and oxygen atoms in total. The largest absolute Gasteiger partial charge is 0.373 e. The highest BCUT2D eigenvalue weighted by molar-refractivity contribution is 7.94. The normalized spacial score (nSPS) is 12.2. The Balaban J connectivity index is 2.05. The van der Waals surface area contributed by atoms with Crippen LogP contribution < -0.4 is 5.32 Å². The maximum Gasteiger partial charge on any atom is 0.233 e. The van der Waals surface area contributed by atoms with Crippen LogP contribution in [0.15, 0.2) is 73.8 Å². The molecule has 0 radical (unpaired) electrons. The van der Waals surface area contributed by atoms with Crippen LogP contribution in [0.1, 0.15) is 19.4 Å². The second-order valence-corrected chi connectivity index (χ2v) is 12.2. The van der Waals surface area contributed by atoms with Crippen LogP contribution in [-0.4, -0.2) is 52.9 Å². The topological polar surface area (TPSA) is 96.4 Å². The molecule has 0 unspecified atom stereocenters. The van der Waals surface area contributed by atoms with Crippen molar-refractivity contribution >= 4 is 36.0 Å². The van der Waals surface area contributed by atoms with Gasteiger partial charge in [0, 0.05) is 13.1 Å². The standard InChI is InChI=1S/C22H27N3O4S3/c1-4-25(5-2)16-15-23-20-21(31(26,27)19-13-11-17(3)12-14-19)24-22(30-20)32(28,29)18-9-7-6-8-10-18/h6-14,23H,4-5,15-16H2,1-3H3. The van der Waals surface area contributed by atoms with Gasteiger partial charge in [-0.25, -0.2) is 21.8 Å². The lowest BCUT2D eigenvalue weighted by molar-refractivity contribution is 0.316. The van der Waals surface area contributed by atoms with Crippen LogP contribution in [-0.2, 0) is 19.7 Å². The van der Waals surface area contributed by atoms with Crippen LogP contribution in [0.2, 0.25) is 0 Å². The van der Waals surface area contributed by atoms with E-state index in [0.717, 1.165) is 30.0 Å². The number of anilines is 1. The van der Waals surface area contributed by atoms with Crippen molar-refractivity contribution in [3.63, 3.8) is 0 Å². The van der Waals surface area contributed by atoms with Crippen molar-refractivity contribution in [1.29, 1.82) is 0 Å². The molecular formula is C22H27N3O4S3. The Morgan fingerprint density at radius 3 is 2.06 bits per heavy atom. The Kier molecular flexibility index (Phi) is 7.71.